The molecule has 27 heavy (non-hydrogen) atoms. The van der Waals surface area contributed by atoms with Crippen LogP contribution < -0.4 is 16.3 Å². The molecule has 2 N–H and O–H groups in total. The van der Waals surface area contributed by atoms with Gasteiger partial charge in [0.2, 0.25) is 0 Å². The Hall–Kier alpha value is -2.08. The minimum atomic E-state index is -0.182. The van der Waals surface area contributed by atoms with Crippen LogP contribution in [-0.4, -0.2) is 17.1 Å². The topological polar surface area (TPSA) is 63.1 Å². The number of amides is 1. The lowest BCUT2D eigenvalue weighted by Crippen LogP contribution is -2.38. The van der Waals surface area contributed by atoms with Gasteiger partial charge in [0.1, 0.15) is 0 Å². The maximum absolute atomic E-state index is 13.2. The van der Waals surface area contributed by atoms with Gasteiger partial charge >= 0.3 is 0 Å². The van der Waals surface area contributed by atoms with E-state index < -0.39 is 0 Å². The summed E-state index contributed by atoms with van der Waals surface area (Å²) < 4.78 is 1.87. The summed E-state index contributed by atoms with van der Waals surface area (Å²) in [7, 11) is 0. The zero-order chi connectivity index (χ0) is 20.1. The molecule has 0 saturated carbocycles. The van der Waals surface area contributed by atoms with Crippen LogP contribution in [0.4, 0.5) is 0 Å². The normalized spacial score (nSPS) is 12.1. The first kappa shape index (κ1) is 21.2. The van der Waals surface area contributed by atoms with Crippen molar-refractivity contribution in [3.63, 3.8) is 0 Å². The number of rotatable bonds is 7. The highest BCUT2D eigenvalue weighted by Crippen LogP contribution is 2.24. The van der Waals surface area contributed by atoms with Crippen molar-refractivity contribution in [3.8, 4) is 0 Å². The van der Waals surface area contributed by atoms with Crippen molar-refractivity contribution in [2.24, 2.45) is 5.92 Å². The Morgan fingerprint density at radius 3 is 2.37 bits per heavy atom. The van der Waals surface area contributed by atoms with Crippen LogP contribution in [0.15, 0.2) is 39.6 Å². The van der Waals surface area contributed by atoms with E-state index in [-0.39, 0.29) is 23.4 Å². The highest BCUT2D eigenvalue weighted by Gasteiger charge is 2.24. The molecule has 146 valence electrons. The van der Waals surface area contributed by atoms with Gasteiger partial charge in [0.15, 0.2) is 0 Å². The number of hydrogen-bond acceptors (Lipinski definition) is 3. The van der Waals surface area contributed by atoms with Gasteiger partial charge in [-0.3, -0.25) is 9.59 Å². The van der Waals surface area contributed by atoms with Crippen molar-refractivity contribution in [3.05, 3.63) is 67.5 Å². The summed E-state index contributed by atoms with van der Waals surface area (Å²) in [6, 6.07) is 9.83. The van der Waals surface area contributed by atoms with Crippen molar-refractivity contribution in [1.29, 1.82) is 0 Å². The number of aromatic nitrogens is 1. The highest BCUT2D eigenvalue weighted by atomic mass is 79.9. The number of nitrogens with zero attached hydrogens (tertiary/aromatic N) is 1. The molecule has 1 aromatic carbocycles. The first-order chi connectivity index (χ1) is 12.8. The zero-order valence-corrected chi connectivity index (χ0v) is 18.2. The number of benzene rings is 1. The lowest BCUT2D eigenvalue weighted by atomic mass is 9.95. The molecule has 1 amide bonds. The van der Waals surface area contributed by atoms with Gasteiger partial charge in [0.25, 0.3) is 11.5 Å². The van der Waals surface area contributed by atoms with Crippen LogP contribution in [0.25, 0.3) is 0 Å². The summed E-state index contributed by atoms with van der Waals surface area (Å²) in [6.07, 6.45) is 0.877. The SMILES string of the molecule is CCCNn1c(C)c(C(=O)NC(c2ccccc2)C(C)C)c(C)c(Br)c1=O. The molecule has 1 aromatic heterocycles. The van der Waals surface area contributed by atoms with Crippen molar-refractivity contribution in [2.45, 2.75) is 47.1 Å². The molecular weight excluding hydrogens is 406 g/mol. The van der Waals surface area contributed by atoms with Crippen LogP contribution in [0.2, 0.25) is 0 Å². The summed E-state index contributed by atoms with van der Waals surface area (Å²) in [5, 5.41) is 3.16. The van der Waals surface area contributed by atoms with Gasteiger partial charge in [0.05, 0.1) is 21.8 Å². The second-order valence-electron chi connectivity index (χ2n) is 7.05. The number of carbonyl (C=O) groups excluding carboxylic acids is 1. The Bertz CT molecular complexity index is 860. The molecule has 6 heteroatoms. The Kier molecular flexibility index (Phi) is 7.25. The first-order valence-electron chi connectivity index (χ1n) is 9.30. The van der Waals surface area contributed by atoms with E-state index in [1.165, 1.54) is 4.68 Å². The molecule has 1 unspecified atom stereocenters. The largest absolute Gasteiger partial charge is 0.345 e. The predicted octanol–water partition coefficient (Wildman–Crippen LogP) is 4.31. The monoisotopic (exact) mass is 433 g/mol. The quantitative estimate of drug-likeness (QED) is 0.683. The standard InChI is InChI=1S/C21H28BrN3O2/c1-6-12-23-25-15(5)17(14(4)18(22)21(25)27)20(26)24-19(13(2)3)16-10-8-7-9-11-16/h7-11,13,19,23H,6,12H2,1-5H3,(H,24,26). The molecule has 2 aromatic rings. The van der Waals surface area contributed by atoms with Gasteiger partial charge in [0, 0.05) is 6.54 Å². The third-order valence-corrected chi connectivity index (χ3v) is 5.59. The van der Waals surface area contributed by atoms with Crippen molar-refractivity contribution in [1.82, 2.24) is 9.99 Å². The lowest BCUT2D eigenvalue weighted by Gasteiger charge is -2.25. The Morgan fingerprint density at radius 2 is 1.81 bits per heavy atom. The van der Waals surface area contributed by atoms with E-state index in [4.69, 9.17) is 0 Å². The number of halogens is 1. The second kappa shape index (κ2) is 9.22. The van der Waals surface area contributed by atoms with Crippen LogP contribution in [0, 0.1) is 19.8 Å². The van der Waals surface area contributed by atoms with Crippen molar-refractivity contribution < 1.29 is 4.79 Å². The predicted molar refractivity (Wildman–Crippen MR) is 114 cm³/mol. The fourth-order valence-corrected chi connectivity index (χ4v) is 3.54. The van der Waals surface area contributed by atoms with Crippen molar-refractivity contribution in [2.75, 3.05) is 12.0 Å². The summed E-state index contributed by atoms with van der Waals surface area (Å²) in [6.45, 7) is 10.4. The fourth-order valence-electron chi connectivity index (χ4n) is 3.16. The first-order valence-corrected chi connectivity index (χ1v) is 10.1. The third-order valence-electron chi connectivity index (χ3n) is 4.65. The summed E-state index contributed by atoms with van der Waals surface area (Å²) in [5.74, 6) is 0.0461. The minimum Gasteiger partial charge on any atom is -0.345 e. The fraction of sp³-hybridized carbons (Fsp3) is 0.429. The van der Waals surface area contributed by atoms with Gasteiger partial charge in [-0.1, -0.05) is 51.1 Å². The van der Waals surface area contributed by atoms with E-state index in [1.54, 1.807) is 13.8 Å². The van der Waals surface area contributed by atoms with Gasteiger partial charge < -0.3 is 10.7 Å². The molecule has 0 aliphatic heterocycles. The smallest absolute Gasteiger partial charge is 0.283 e. The Labute approximate surface area is 169 Å². The van der Waals surface area contributed by atoms with Crippen molar-refractivity contribution >= 4 is 21.8 Å². The highest BCUT2D eigenvalue weighted by molar-refractivity contribution is 9.10. The zero-order valence-electron chi connectivity index (χ0n) is 16.6. The molecule has 1 heterocycles. The van der Waals surface area contributed by atoms with E-state index in [1.807, 2.05) is 37.3 Å². The van der Waals surface area contributed by atoms with Crippen LogP contribution in [0.3, 0.4) is 0 Å². The van der Waals surface area contributed by atoms with E-state index in [2.05, 4.69) is 40.5 Å². The number of pyridine rings is 1. The van der Waals surface area contributed by atoms with Crippen LogP contribution in [0.5, 0.6) is 0 Å². The van der Waals surface area contributed by atoms with E-state index in [9.17, 15) is 9.59 Å². The number of nitrogens with one attached hydrogen (secondary N) is 2. The van der Waals surface area contributed by atoms with Gasteiger partial charge in [-0.15, -0.1) is 0 Å². The molecule has 0 aliphatic carbocycles. The summed E-state index contributed by atoms with van der Waals surface area (Å²) in [5.41, 5.74) is 5.76. The van der Waals surface area contributed by atoms with Crippen LogP contribution >= 0.6 is 15.9 Å². The molecule has 0 spiro atoms. The molecule has 0 aliphatic rings. The average molecular weight is 434 g/mol. The minimum absolute atomic E-state index is 0.111. The molecule has 1 atom stereocenters. The van der Waals surface area contributed by atoms with Gasteiger partial charge in [-0.2, -0.15) is 0 Å². The maximum Gasteiger partial charge on any atom is 0.283 e. The molecular formula is C21H28BrN3O2. The Morgan fingerprint density at radius 1 is 1.19 bits per heavy atom. The van der Waals surface area contributed by atoms with E-state index >= 15 is 0 Å². The third kappa shape index (κ3) is 4.61. The van der Waals surface area contributed by atoms with Crippen LogP contribution in [0.1, 0.15) is 60.4 Å². The lowest BCUT2D eigenvalue weighted by molar-refractivity contribution is 0.0923. The molecule has 0 saturated heterocycles. The summed E-state index contributed by atoms with van der Waals surface area (Å²) >= 11 is 3.36. The van der Waals surface area contributed by atoms with E-state index in [0.717, 1.165) is 12.0 Å². The molecule has 5 nitrogen and oxygen atoms in total. The molecule has 0 fully saturated rings. The molecule has 2 rings (SSSR count). The van der Waals surface area contributed by atoms with Gasteiger partial charge in [-0.05, 0) is 53.2 Å². The Balaban J connectivity index is 2.45. The van der Waals surface area contributed by atoms with Crippen LogP contribution in [-0.2, 0) is 0 Å². The van der Waals surface area contributed by atoms with Gasteiger partial charge in [-0.25, -0.2) is 4.68 Å². The number of carbonyl (C=O) groups is 1. The molecule has 0 bridgehead atoms. The van der Waals surface area contributed by atoms with E-state index in [0.29, 0.717) is 27.8 Å². The average Bonchev–Trinajstić information content (AvgIpc) is 2.65. The maximum atomic E-state index is 13.2. The second-order valence-corrected chi connectivity index (χ2v) is 7.85. The summed E-state index contributed by atoms with van der Waals surface area (Å²) in [4.78, 5) is 25.8. The molecule has 0 radical (unpaired) electrons. The number of hydrogen-bond donors (Lipinski definition) is 2.